The maximum atomic E-state index is 5.97. The molecule has 1 fully saturated rings. The molecular formula is C23H21N4O2. The van der Waals surface area contributed by atoms with E-state index in [-0.39, 0.29) is 6.23 Å². The highest BCUT2D eigenvalue weighted by Crippen LogP contribution is 2.36. The Hall–Kier alpha value is -3.25. The van der Waals surface area contributed by atoms with Crippen molar-refractivity contribution in [2.75, 3.05) is 13.7 Å². The summed E-state index contributed by atoms with van der Waals surface area (Å²) in [4.78, 5) is 9.02. The zero-order valence-electron chi connectivity index (χ0n) is 16.2. The first kappa shape index (κ1) is 17.8. The van der Waals surface area contributed by atoms with Gasteiger partial charge in [0.05, 0.1) is 18.3 Å². The number of fused-ring (bicyclic) bond motifs is 1. The van der Waals surface area contributed by atoms with Gasteiger partial charge in [-0.1, -0.05) is 30.3 Å². The second-order valence-electron chi connectivity index (χ2n) is 7.08. The molecular weight excluding hydrogens is 364 g/mol. The lowest BCUT2D eigenvalue weighted by Crippen LogP contribution is -2.18. The van der Waals surface area contributed by atoms with Crippen molar-refractivity contribution in [2.24, 2.45) is 0 Å². The summed E-state index contributed by atoms with van der Waals surface area (Å²) in [5.74, 6) is 0.650. The van der Waals surface area contributed by atoms with Crippen LogP contribution in [0.25, 0.3) is 33.4 Å². The van der Waals surface area contributed by atoms with Crippen LogP contribution in [0.15, 0.2) is 55.0 Å². The quantitative estimate of drug-likeness (QED) is 0.511. The Morgan fingerprint density at radius 2 is 2.03 bits per heavy atom. The third kappa shape index (κ3) is 3.36. The molecule has 2 aromatic carbocycles. The highest BCUT2D eigenvalue weighted by atomic mass is 16.5. The average Bonchev–Trinajstić information content (AvgIpc) is 3.25. The van der Waals surface area contributed by atoms with Crippen LogP contribution >= 0.6 is 0 Å². The second kappa shape index (κ2) is 7.64. The molecule has 4 aromatic rings. The molecule has 3 heterocycles. The molecule has 0 saturated carbocycles. The Kier molecular flexibility index (Phi) is 4.69. The van der Waals surface area contributed by atoms with Crippen LogP contribution in [0.2, 0.25) is 0 Å². The number of hydrogen-bond donors (Lipinski definition) is 0. The summed E-state index contributed by atoms with van der Waals surface area (Å²) < 4.78 is 13.2. The molecule has 0 spiro atoms. The molecule has 5 rings (SSSR count). The van der Waals surface area contributed by atoms with Crippen LogP contribution in [0.5, 0.6) is 5.75 Å². The summed E-state index contributed by atoms with van der Waals surface area (Å²) in [5, 5.41) is 5.83. The molecule has 0 amide bonds. The summed E-state index contributed by atoms with van der Waals surface area (Å²) in [6, 6.07) is 17.1. The third-order valence-electron chi connectivity index (χ3n) is 5.25. The van der Waals surface area contributed by atoms with Crippen LogP contribution in [0, 0.1) is 6.07 Å². The van der Waals surface area contributed by atoms with E-state index in [0.29, 0.717) is 5.75 Å². The zero-order chi connectivity index (χ0) is 19.6. The number of rotatable bonds is 4. The molecule has 0 N–H and O–H groups in total. The Bertz CT molecular complexity index is 1130. The number of methoxy groups -OCH3 is 1. The topological polar surface area (TPSA) is 62.1 Å². The molecule has 1 radical (unpaired) electrons. The normalized spacial score (nSPS) is 16.8. The number of aromatic nitrogens is 4. The van der Waals surface area contributed by atoms with E-state index >= 15 is 0 Å². The molecule has 6 heteroatoms. The van der Waals surface area contributed by atoms with Gasteiger partial charge in [-0.2, -0.15) is 5.10 Å². The van der Waals surface area contributed by atoms with Gasteiger partial charge in [-0.3, -0.25) is 0 Å². The van der Waals surface area contributed by atoms with Crippen molar-refractivity contribution >= 4 is 10.9 Å². The largest absolute Gasteiger partial charge is 0.496 e. The predicted molar refractivity (Wildman–Crippen MR) is 110 cm³/mol. The lowest BCUT2D eigenvalue weighted by Gasteiger charge is -2.22. The summed E-state index contributed by atoms with van der Waals surface area (Å²) in [6.45, 7) is 0.770. The van der Waals surface area contributed by atoms with Crippen LogP contribution in [0.4, 0.5) is 0 Å². The van der Waals surface area contributed by atoms with Crippen LogP contribution in [0.3, 0.4) is 0 Å². The van der Waals surface area contributed by atoms with Gasteiger partial charge in [0.15, 0.2) is 0 Å². The third-order valence-corrected chi connectivity index (χ3v) is 5.25. The van der Waals surface area contributed by atoms with Crippen LogP contribution in [-0.2, 0) is 4.74 Å². The highest BCUT2D eigenvalue weighted by Gasteiger charge is 2.22. The van der Waals surface area contributed by atoms with Gasteiger partial charge in [0.1, 0.15) is 24.0 Å². The van der Waals surface area contributed by atoms with E-state index < -0.39 is 0 Å². The predicted octanol–water partition coefficient (Wildman–Crippen LogP) is 4.67. The molecule has 1 aliphatic rings. The summed E-state index contributed by atoms with van der Waals surface area (Å²) in [6.07, 6.45) is 6.80. The highest BCUT2D eigenvalue weighted by molar-refractivity contribution is 5.96. The summed E-state index contributed by atoms with van der Waals surface area (Å²) >= 11 is 0. The molecule has 2 aromatic heterocycles. The lowest BCUT2D eigenvalue weighted by molar-refractivity contribution is -0.0393. The Morgan fingerprint density at radius 1 is 1.14 bits per heavy atom. The fraction of sp³-hybridized carbons (Fsp3) is 0.261. The van der Waals surface area contributed by atoms with E-state index in [9.17, 15) is 0 Å². The van der Waals surface area contributed by atoms with Crippen LogP contribution < -0.4 is 4.74 Å². The van der Waals surface area contributed by atoms with E-state index in [4.69, 9.17) is 14.6 Å². The number of ether oxygens (including phenoxy) is 2. The van der Waals surface area contributed by atoms with E-state index in [1.54, 1.807) is 13.4 Å². The average molecular weight is 385 g/mol. The maximum Gasteiger partial charge on any atom is 0.150 e. The first-order chi connectivity index (χ1) is 14.3. The smallest absolute Gasteiger partial charge is 0.150 e. The molecule has 1 saturated heterocycles. The number of nitrogens with zero attached hydrogens (tertiary/aromatic N) is 4. The maximum absolute atomic E-state index is 5.97. The van der Waals surface area contributed by atoms with E-state index in [0.717, 1.165) is 59.3 Å². The minimum atomic E-state index is -0.0419. The molecule has 0 aliphatic carbocycles. The Morgan fingerprint density at radius 3 is 2.83 bits per heavy atom. The minimum Gasteiger partial charge on any atom is -0.496 e. The molecule has 29 heavy (non-hydrogen) atoms. The first-order valence-corrected chi connectivity index (χ1v) is 9.80. The van der Waals surface area contributed by atoms with Crippen molar-refractivity contribution < 1.29 is 9.47 Å². The molecule has 0 bridgehead atoms. The van der Waals surface area contributed by atoms with Crippen molar-refractivity contribution in [3.05, 3.63) is 61.1 Å². The monoisotopic (exact) mass is 385 g/mol. The van der Waals surface area contributed by atoms with Gasteiger partial charge in [-0.15, -0.1) is 0 Å². The molecule has 1 atom stereocenters. The molecule has 1 aliphatic heterocycles. The van der Waals surface area contributed by atoms with Crippen molar-refractivity contribution in [1.82, 2.24) is 19.7 Å². The van der Waals surface area contributed by atoms with Gasteiger partial charge in [0.25, 0.3) is 0 Å². The van der Waals surface area contributed by atoms with Gasteiger partial charge >= 0.3 is 0 Å². The van der Waals surface area contributed by atoms with E-state index in [2.05, 4.69) is 28.2 Å². The SMILES string of the molecule is COc1[c]cc2c(-c3cn(C4CCCCO4)nc3-c3ccccc3)ncnc2c1. The van der Waals surface area contributed by atoms with E-state index in [1.807, 2.05) is 41.2 Å². The molecule has 145 valence electrons. The van der Waals surface area contributed by atoms with Crippen LogP contribution in [0.1, 0.15) is 25.5 Å². The lowest BCUT2D eigenvalue weighted by atomic mass is 10.0. The molecule has 6 nitrogen and oxygen atoms in total. The summed E-state index contributed by atoms with van der Waals surface area (Å²) in [7, 11) is 1.63. The van der Waals surface area contributed by atoms with Crippen molar-refractivity contribution in [3.8, 4) is 28.3 Å². The van der Waals surface area contributed by atoms with E-state index in [1.165, 1.54) is 0 Å². The number of benzene rings is 2. The fourth-order valence-corrected chi connectivity index (χ4v) is 3.76. The minimum absolute atomic E-state index is 0.0419. The van der Waals surface area contributed by atoms with Gasteiger partial charge in [0, 0.05) is 41.4 Å². The Labute approximate surface area is 169 Å². The van der Waals surface area contributed by atoms with Gasteiger partial charge in [-0.05, 0) is 25.3 Å². The van der Waals surface area contributed by atoms with Crippen molar-refractivity contribution in [3.63, 3.8) is 0 Å². The fourth-order valence-electron chi connectivity index (χ4n) is 3.76. The van der Waals surface area contributed by atoms with Gasteiger partial charge < -0.3 is 9.47 Å². The zero-order valence-corrected chi connectivity index (χ0v) is 16.2. The second-order valence-corrected chi connectivity index (χ2v) is 7.08. The summed E-state index contributed by atoms with van der Waals surface area (Å²) in [5.41, 5.74) is 4.52. The molecule has 1 unspecified atom stereocenters. The first-order valence-electron chi connectivity index (χ1n) is 9.80. The Balaban J connectivity index is 1.69. The number of hydrogen-bond acceptors (Lipinski definition) is 5. The van der Waals surface area contributed by atoms with Crippen LogP contribution in [-0.4, -0.2) is 33.5 Å². The van der Waals surface area contributed by atoms with Crippen molar-refractivity contribution in [1.29, 1.82) is 0 Å². The van der Waals surface area contributed by atoms with Gasteiger partial charge in [0.2, 0.25) is 0 Å². The standard InChI is InChI=1S/C23H21N4O2/c1-28-17-10-11-18-20(13-17)24-15-25-23(18)19-14-27(21-9-5-6-12-29-21)26-22(19)16-7-3-2-4-8-16/h2-4,7-8,11,13-15,21H,5-6,9,12H2,1H3. The van der Waals surface area contributed by atoms with Crippen molar-refractivity contribution in [2.45, 2.75) is 25.5 Å². The van der Waals surface area contributed by atoms with Gasteiger partial charge in [-0.25, -0.2) is 14.6 Å².